The number of amidine groups is 1. The first-order valence-electron chi connectivity index (χ1n) is 11.9. The van der Waals surface area contributed by atoms with E-state index in [0.29, 0.717) is 22.2 Å². The summed E-state index contributed by atoms with van der Waals surface area (Å²) in [5.74, 6) is -1.04. The maximum absolute atomic E-state index is 13.3. The van der Waals surface area contributed by atoms with Crippen molar-refractivity contribution in [1.29, 1.82) is 5.26 Å². The van der Waals surface area contributed by atoms with Crippen LogP contribution in [-0.4, -0.2) is 85.8 Å². The number of amides is 3. The minimum absolute atomic E-state index is 0.0372. The number of carbonyl (C=O) groups is 3. The van der Waals surface area contributed by atoms with Crippen molar-refractivity contribution >= 4 is 34.8 Å². The van der Waals surface area contributed by atoms with Crippen molar-refractivity contribution < 1.29 is 33.3 Å². The molecule has 3 heterocycles. The maximum atomic E-state index is 13.3. The molecule has 1 aromatic carbocycles. The zero-order valence-corrected chi connectivity index (χ0v) is 22.8. The molecule has 13 nitrogen and oxygen atoms in total. The largest absolute Gasteiger partial charge is 0.493 e. The van der Waals surface area contributed by atoms with Gasteiger partial charge in [0.2, 0.25) is 5.88 Å². The van der Waals surface area contributed by atoms with Crippen molar-refractivity contribution in [2.24, 2.45) is 10.7 Å². The van der Waals surface area contributed by atoms with E-state index >= 15 is 0 Å². The Morgan fingerprint density at radius 2 is 1.97 bits per heavy atom. The van der Waals surface area contributed by atoms with Gasteiger partial charge in [-0.3, -0.25) is 9.69 Å². The molecule has 3 atom stereocenters. The summed E-state index contributed by atoms with van der Waals surface area (Å²) in [5, 5.41) is 13.4. The first-order chi connectivity index (χ1) is 18.7. The molecule has 0 aliphatic carbocycles. The zero-order valence-electron chi connectivity index (χ0n) is 22.0. The number of allylic oxidation sites excluding steroid dienone is 1. The van der Waals surface area contributed by atoms with Crippen molar-refractivity contribution in [3.05, 3.63) is 46.6 Å². The number of likely N-dealkylation sites (N-methyl/N-ethyl adjacent to an activating group) is 2. The summed E-state index contributed by atoms with van der Waals surface area (Å²) in [5.41, 5.74) is 6.83. The summed E-state index contributed by atoms with van der Waals surface area (Å²) >= 11 is 1.16. The maximum Gasteiger partial charge on any atom is 0.338 e. The monoisotopic (exact) mass is 556 g/mol. The second kappa shape index (κ2) is 11.2. The Hall–Kier alpha value is -4.38. The number of methoxy groups -OCH3 is 2. The molecule has 3 aliphatic heterocycles. The first kappa shape index (κ1) is 27.6. The summed E-state index contributed by atoms with van der Waals surface area (Å²) in [6.07, 6.45) is -0.704. The van der Waals surface area contributed by atoms with E-state index < -0.39 is 36.0 Å². The van der Waals surface area contributed by atoms with Crippen molar-refractivity contribution in [1.82, 2.24) is 15.1 Å². The molecule has 3 amide bonds. The van der Waals surface area contributed by atoms with Gasteiger partial charge in [0, 0.05) is 14.1 Å². The van der Waals surface area contributed by atoms with Crippen LogP contribution in [-0.2, 0) is 19.1 Å². The van der Waals surface area contributed by atoms with E-state index in [2.05, 4.69) is 16.4 Å². The van der Waals surface area contributed by atoms with Crippen LogP contribution in [0.25, 0.3) is 0 Å². The number of carbonyl (C=O) groups excluding carboxylic acids is 3. The third kappa shape index (κ3) is 4.92. The van der Waals surface area contributed by atoms with Crippen molar-refractivity contribution in [3.8, 4) is 17.6 Å². The predicted molar refractivity (Wildman–Crippen MR) is 140 cm³/mol. The number of nitrogens with one attached hydrogen (secondary N) is 1. The molecule has 0 aromatic heterocycles. The Morgan fingerprint density at radius 1 is 1.26 bits per heavy atom. The Morgan fingerprint density at radius 3 is 2.62 bits per heavy atom. The van der Waals surface area contributed by atoms with E-state index in [4.69, 9.17) is 24.7 Å². The van der Waals surface area contributed by atoms with Crippen LogP contribution in [0.2, 0.25) is 0 Å². The van der Waals surface area contributed by atoms with Crippen molar-refractivity contribution in [2.75, 3.05) is 40.7 Å². The number of fused-ring (bicyclic) bond motifs is 1. The minimum atomic E-state index is -0.904. The SMILES string of the molecule is CCOC(=O)C1=C(CSC2=N[C@H]3[C@@H](N2)C(=O)N(C)C(=O)N3C)OC(N)=C(C#N)[C@@H]1c1ccc(OC)c(OC)c1. The Balaban J connectivity index is 1.71. The van der Waals surface area contributed by atoms with Crippen LogP contribution in [0.1, 0.15) is 18.4 Å². The van der Waals surface area contributed by atoms with Gasteiger partial charge >= 0.3 is 12.0 Å². The molecule has 0 radical (unpaired) electrons. The predicted octanol–water partition coefficient (Wildman–Crippen LogP) is 1.24. The van der Waals surface area contributed by atoms with E-state index in [1.807, 2.05) is 0 Å². The molecule has 1 saturated heterocycles. The number of thioether (sulfide) groups is 1. The molecule has 3 aliphatic rings. The second-order valence-corrected chi connectivity index (χ2v) is 9.61. The fraction of sp³-hybridized carbons (Fsp3) is 0.400. The highest BCUT2D eigenvalue weighted by Gasteiger charge is 2.47. The molecule has 3 N–H and O–H groups in total. The smallest absolute Gasteiger partial charge is 0.338 e. The lowest BCUT2D eigenvalue weighted by molar-refractivity contribution is -0.139. The van der Waals surface area contributed by atoms with Gasteiger partial charge in [0.15, 0.2) is 22.8 Å². The van der Waals surface area contributed by atoms with Gasteiger partial charge in [-0.15, -0.1) is 0 Å². The average molecular weight is 557 g/mol. The normalized spacial score (nSPS) is 22.6. The number of urea groups is 1. The van der Waals surface area contributed by atoms with E-state index in [9.17, 15) is 19.6 Å². The van der Waals surface area contributed by atoms with Crippen LogP contribution in [0, 0.1) is 11.3 Å². The lowest BCUT2D eigenvalue weighted by atomic mass is 9.83. The number of imide groups is 1. The van der Waals surface area contributed by atoms with E-state index in [1.54, 1.807) is 32.2 Å². The molecule has 0 spiro atoms. The highest BCUT2D eigenvalue weighted by Crippen LogP contribution is 2.43. The van der Waals surface area contributed by atoms with E-state index in [1.165, 1.54) is 26.2 Å². The first-order valence-corrected chi connectivity index (χ1v) is 12.9. The lowest BCUT2D eigenvalue weighted by Gasteiger charge is -2.36. The Labute approximate surface area is 229 Å². The molecule has 1 fully saturated rings. The molecule has 0 bridgehead atoms. The van der Waals surface area contributed by atoms with Gasteiger partial charge in [0.05, 0.1) is 38.1 Å². The number of benzene rings is 1. The summed E-state index contributed by atoms with van der Waals surface area (Å²) in [6.45, 7) is 1.76. The highest BCUT2D eigenvalue weighted by atomic mass is 32.2. The number of aliphatic imine (C=N–C) groups is 1. The van der Waals surface area contributed by atoms with Gasteiger partial charge in [-0.05, 0) is 24.6 Å². The standard InChI is InChI=1S/C25H28N6O7S/c1-6-37-23(33)18-16(11-39-24-28-19-21(29-24)30(2)25(34)31(3)22(19)32)38-20(27)13(10-26)17(18)12-7-8-14(35-4)15(9-12)36-5/h7-9,17,19,21H,6,11,27H2,1-5H3,(H,28,29)/t17-,19+,21+/m0/s1. The van der Waals surface area contributed by atoms with E-state index in [0.717, 1.165) is 16.7 Å². The van der Waals surface area contributed by atoms with Gasteiger partial charge < -0.3 is 34.9 Å². The summed E-state index contributed by atoms with van der Waals surface area (Å²) < 4.78 is 21.9. The molecule has 39 heavy (non-hydrogen) atoms. The van der Waals surface area contributed by atoms with Crippen molar-refractivity contribution in [2.45, 2.75) is 25.0 Å². The number of nitriles is 1. The fourth-order valence-corrected chi connectivity index (χ4v) is 5.40. The van der Waals surface area contributed by atoms with Gasteiger partial charge in [-0.1, -0.05) is 17.8 Å². The Bertz CT molecular complexity index is 1350. The van der Waals surface area contributed by atoms with Crippen LogP contribution in [0.4, 0.5) is 4.79 Å². The number of nitrogens with two attached hydrogens (primary N) is 1. The van der Waals surface area contributed by atoms with Gasteiger partial charge in [-0.25, -0.2) is 14.6 Å². The van der Waals surface area contributed by atoms with Gasteiger partial charge in [0.1, 0.15) is 23.4 Å². The highest BCUT2D eigenvalue weighted by molar-refractivity contribution is 8.14. The second-order valence-electron chi connectivity index (χ2n) is 8.65. The van der Waals surface area contributed by atoms with Gasteiger partial charge in [0.25, 0.3) is 5.91 Å². The minimum Gasteiger partial charge on any atom is -0.493 e. The molecular formula is C25H28N6O7S. The van der Waals surface area contributed by atoms with Crippen LogP contribution in [0.3, 0.4) is 0 Å². The average Bonchev–Trinajstić information content (AvgIpc) is 3.37. The van der Waals surface area contributed by atoms with E-state index in [-0.39, 0.29) is 35.1 Å². The molecule has 0 unspecified atom stereocenters. The molecule has 1 aromatic rings. The Kier molecular flexibility index (Phi) is 7.91. The molecular weight excluding hydrogens is 528 g/mol. The lowest BCUT2D eigenvalue weighted by Crippen LogP contribution is -2.63. The molecule has 0 saturated carbocycles. The number of ether oxygens (including phenoxy) is 4. The topological polar surface area (TPSA) is 169 Å². The zero-order chi connectivity index (χ0) is 28.4. The fourth-order valence-electron chi connectivity index (χ4n) is 4.53. The third-order valence-corrected chi connectivity index (χ3v) is 7.39. The molecule has 4 rings (SSSR count). The summed E-state index contributed by atoms with van der Waals surface area (Å²) in [6, 6.07) is 5.89. The summed E-state index contributed by atoms with van der Waals surface area (Å²) in [4.78, 5) is 45.1. The van der Waals surface area contributed by atoms with Crippen LogP contribution >= 0.6 is 11.8 Å². The van der Waals surface area contributed by atoms with Crippen LogP contribution in [0.5, 0.6) is 11.5 Å². The molecule has 206 valence electrons. The van der Waals surface area contributed by atoms with Crippen molar-refractivity contribution in [3.63, 3.8) is 0 Å². The van der Waals surface area contributed by atoms with Crippen LogP contribution in [0.15, 0.2) is 46.0 Å². The molecule has 14 heteroatoms. The number of rotatable bonds is 7. The number of esters is 1. The van der Waals surface area contributed by atoms with Gasteiger partial charge in [-0.2, -0.15) is 5.26 Å². The quantitative estimate of drug-likeness (QED) is 0.463. The third-order valence-electron chi connectivity index (χ3n) is 6.48. The summed E-state index contributed by atoms with van der Waals surface area (Å²) in [7, 11) is 5.95. The van der Waals surface area contributed by atoms with Crippen LogP contribution < -0.4 is 20.5 Å². The number of hydrogen-bond donors (Lipinski definition) is 2. The number of nitrogens with zero attached hydrogens (tertiary/aromatic N) is 4. The number of hydrogen-bond acceptors (Lipinski definition) is 12.